The summed E-state index contributed by atoms with van der Waals surface area (Å²) in [5, 5.41) is 0. The Kier molecular flexibility index (Phi) is 5.30. The van der Waals surface area contributed by atoms with E-state index in [1.807, 2.05) is 20.8 Å². The summed E-state index contributed by atoms with van der Waals surface area (Å²) < 4.78 is 5.13. The smallest absolute Gasteiger partial charge is 0.259 e. The number of methoxy groups -OCH3 is 1. The summed E-state index contributed by atoms with van der Waals surface area (Å²) in [4.78, 5) is 18.3. The van der Waals surface area contributed by atoms with Crippen molar-refractivity contribution >= 4 is 5.91 Å². The molecule has 0 unspecified atom stereocenters. The maximum absolute atomic E-state index is 12.5. The molecular formula is C14H23N3O2. The van der Waals surface area contributed by atoms with Crippen molar-refractivity contribution < 1.29 is 9.53 Å². The van der Waals surface area contributed by atoms with E-state index in [1.165, 1.54) is 7.11 Å². The Balaban J connectivity index is 2.96. The molecule has 0 fully saturated rings. The molecule has 1 aromatic rings. The van der Waals surface area contributed by atoms with Crippen molar-refractivity contribution in [2.24, 2.45) is 11.1 Å². The number of amides is 1. The normalized spacial score (nSPS) is 11.2. The van der Waals surface area contributed by atoms with Crippen LogP contribution in [0.15, 0.2) is 18.3 Å². The SMILES string of the molecule is CCN(CC(C)(C)CN)C(=O)c1cccnc1OC. The van der Waals surface area contributed by atoms with E-state index in [0.29, 0.717) is 31.1 Å². The topological polar surface area (TPSA) is 68.5 Å². The zero-order chi connectivity index (χ0) is 14.5. The number of rotatable bonds is 6. The van der Waals surface area contributed by atoms with Crippen molar-refractivity contribution in [3.8, 4) is 5.88 Å². The van der Waals surface area contributed by atoms with Crippen LogP contribution in [-0.2, 0) is 0 Å². The second-order valence-electron chi connectivity index (χ2n) is 5.25. The Morgan fingerprint density at radius 1 is 1.53 bits per heavy atom. The van der Waals surface area contributed by atoms with Gasteiger partial charge in [-0.25, -0.2) is 4.98 Å². The highest BCUT2D eigenvalue weighted by molar-refractivity contribution is 5.96. The highest BCUT2D eigenvalue weighted by Crippen LogP contribution is 2.20. The first-order chi connectivity index (χ1) is 8.95. The minimum atomic E-state index is -0.110. The molecule has 0 aliphatic heterocycles. The van der Waals surface area contributed by atoms with Crippen LogP contribution in [0, 0.1) is 5.41 Å². The number of carbonyl (C=O) groups is 1. The second kappa shape index (κ2) is 6.52. The van der Waals surface area contributed by atoms with Gasteiger partial charge in [0.1, 0.15) is 5.56 Å². The van der Waals surface area contributed by atoms with Crippen molar-refractivity contribution in [1.29, 1.82) is 0 Å². The summed E-state index contributed by atoms with van der Waals surface area (Å²) in [6.45, 7) is 7.80. The molecule has 0 aliphatic carbocycles. The van der Waals surface area contributed by atoms with E-state index >= 15 is 0 Å². The average Bonchev–Trinajstić information content (AvgIpc) is 2.44. The van der Waals surface area contributed by atoms with E-state index < -0.39 is 0 Å². The Bertz CT molecular complexity index is 432. The molecule has 0 spiro atoms. The van der Waals surface area contributed by atoms with Gasteiger partial charge in [0.15, 0.2) is 0 Å². The first-order valence-corrected chi connectivity index (χ1v) is 6.43. The van der Waals surface area contributed by atoms with Gasteiger partial charge < -0.3 is 15.4 Å². The number of hydrogen-bond donors (Lipinski definition) is 1. The van der Waals surface area contributed by atoms with Gasteiger partial charge in [0.2, 0.25) is 5.88 Å². The van der Waals surface area contributed by atoms with E-state index in [1.54, 1.807) is 23.2 Å². The van der Waals surface area contributed by atoms with Crippen LogP contribution in [-0.4, -0.2) is 42.5 Å². The van der Waals surface area contributed by atoms with Gasteiger partial charge >= 0.3 is 0 Å². The van der Waals surface area contributed by atoms with Crippen molar-refractivity contribution in [2.75, 3.05) is 26.7 Å². The van der Waals surface area contributed by atoms with Gasteiger partial charge in [-0.2, -0.15) is 0 Å². The van der Waals surface area contributed by atoms with Crippen LogP contribution in [0.25, 0.3) is 0 Å². The maximum atomic E-state index is 12.5. The zero-order valence-electron chi connectivity index (χ0n) is 12.1. The quantitative estimate of drug-likeness (QED) is 0.847. The highest BCUT2D eigenvalue weighted by Gasteiger charge is 2.25. The highest BCUT2D eigenvalue weighted by atomic mass is 16.5. The molecule has 1 amide bonds. The first-order valence-electron chi connectivity index (χ1n) is 6.43. The summed E-state index contributed by atoms with van der Waals surface area (Å²) in [6, 6.07) is 3.46. The summed E-state index contributed by atoms with van der Waals surface area (Å²) in [7, 11) is 1.51. The van der Waals surface area contributed by atoms with E-state index in [9.17, 15) is 4.79 Å². The lowest BCUT2D eigenvalue weighted by Crippen LogP contribution is -2.42. The standard InChI is InChI=1S/C14H23N3O2/c1-5-17(10-14(2,3)9-15)13(18)11-7-6-8-16-12(11)19-4/h6-8H,5,9-10,15H2,1-4H3. The van der Waals surface area contributed by atoms with Crippen molar-refractivity contribution in [1.82, 2.24) is 9.88 Å². The van der Waals surface area contributed by atoms with Crippen LogP contribution in [0.3, 0.4) is 0 Å². The van der Waals surface area contributed by atoms with Crippen LogP contribution in [0.2, 0.25) is 0 Å². The van der Waals surface area contributed by atoms with Crippen LogP contribution < -0.4 is 10.5 Å². The van der Waals surface area contributed by atoms with E-state index in [2.05, 4.69) is 4.98 Å². The number of pyridine rings is 1. The minimum absolute atomic E-state index is 0.0750. The van der Waals surface area contributed by atoms with Crippen LogP contribution in [0.1, 0.15) is 31.1 Å². The fourth-order valence-corrected chi connectivity index (χ4v) is 1.80. The molecule has 0 aromatic carbocycles. The van der Waals surface area contributed by atoms with E-state index in [0.717, 1.165) is 0 Å². The lowest BCUT2D eigenvalue weighted by Gasteiger charge is -2.31. The molecule has 0 saturated heterocycles. The van der Waals surface area contributed by atoms with Crippen LogP contribution >= 0.6 is 0 Å². The number of hydrogen-bond acceptors (Lipinski definition) is 4. The summed E-state index contributed by atoms with van der Waals surface area (Å²) in [6.07, 6.45) is 1.61. The number of aromatic nitrogens is 1. The number of nitrogens with zero attached hydrogens (tertiary/aromatic N) is 2. The number of nitrogens with two attached hydrogens (primary N) is 1. The lowest BCUT2D eigenvalue weighted by molar-refractivity contribution is 0.0696. The molecule has 0 aliphatic rings. The van der Waals surface area contributed by atoms with E-state index in [-0.39, 0.29) is 11.3 Å². The molecule has 1 rings (SSSR count). The predicted octanol–water partition coefficient (Wildman–Crippen LogP) is 1.54. The molecular weight excluding hydrogens is 242 g/mol. The average molecular weight is 265 g/mol. The summed E-state index contributed by atoms with van der Waals surface area (Å²) >= 11 is 0. The van der Waals surface area contributed by atoms with Gasteiger partial charge in [0.05, 0.1) is 7.11 Å². The second-order valence-corrected chi connectivity index (χ2v) is 5.25. The van der Waals surface area contributed by atoms with Gasteiger partial charge in [-0.1, -0.05) is 13.8 Å². The lowest BCUT2D eigenvalue weighted by atomic mass is 9.93. The monoisotopic (exact) mass is 265 g/mol. The van der Waals surface area contributed by atoms with Gasteiger partial charge in [0, 0.05) is 19.3 Å². The van der Waals surface area contributed by atoms with Gasteiger partial charge in [-0.05, 0) is 31.0 Å². The Morgan fingerprint density at radius 2 is 2.21 bits per heavy atom. The van der Waals surface area contributed by atoms with Crippen LogP contribution in [0.4, 0.5) is 0 Å². The third-order valence-electron chi connectivity index (χ3n) is 3.04. The molecule has 0 atom stereocenters. The van der Waals surface area contributed by atoms with Crippen molar-refractivity contribution in [2.45, 2.75) is 20.8 Å². The van der Waals surface area contributed by atoms with Gasteiger partial charge in [-0.15, -0.1) is 0 Å². The maximum Gasteiger partial charge on any atom is 0.259 e. The molecule has 1 aromatic heterocycles. The fraction of sp³-hybridized carbons (Fsp3) is 0.571. The fourth-order valence-electron chi connectivity index (χ4n) is 1.80. The predicted molar refractivity (Wildman–Crippen MR) is 75.2 cm³/mol. The Labute approximate surface area is 114 Å². The summed E-state index contributed by atoms with van der Waals surface area (Å²) in [5.74, 6) is 0.283. The largest absolute Gasteiger partial charge is 0.480 e. The summed E-state index contributed by atoms with van der Waals surface area (Å²) in [5.41, 5.74) is 6.10. The Morgan fingerprint density at radius 3 is 2.74 bits per heavy atom. The number of carbonyl (C=O) groups excluding carboxylic acids is 1. The molecule has 2 N–H and O–H groups in total. The minimum Gasteiger partial charge on any atom is -0.480 e. The first kappa shape index (κ1) is 15.4. The van der Waals surface area contributed by atoms with Crippen molar-refractivity contribution in [3.63, 3.8) is 0 Å². The Hall–Kier alpha value is -1.62. The number of ether oxygens (including phenoxy) is 1. The molecule has 106 valence electrons. The molecule has 0 radical (unpaired) electrons. The van der Waals surface area contributed by atoms with E-state index in [4.69, 9.17) is 10.5 Å². The third kappa shape index (κ3) is 3.92. The molecule has 5 nitrogen and oxygen atoms in total. The molecule has 0 saturated carbocycles. The van der Waals surface area contributed by atoms with Crippen molar-refractivity contribution in [3.05, 3.63) is 23.9 Å². The zero-order valence-corrected chi connectivity index (χ0v) is 12.1. The van der Waals surface area contributed by atoms with Crippen LogP contribution in [0.5, 0.6) is 5.88 Å². The molecule has 5 heteroatoms. The molecule has 19 heavy (non-hydrogen) atoms. The third-order valence-corrected chi connectivity index (χ3v) is 3.04. The van der Waals surface area contributed by atoms with Gasteiger partial charge in [0.25, 0.3) is 5.91 Å². The molecule has 1 heterocycles. The van der Waals surface area contributed by atoms with Gasteiger partial charge in [-0.3, -0.25) is 4.79 Å². The molecule has 0 bridgehead atoms.